The van der Waals surface area contributed by atoms with Crippen molar-refractivity contribution in [1.29, 1.82) is 5.26 Å². The molecule has 0 aliphatic carbocycles. The van der Waals surface area contributed by atoms with E-state index < -0.39 is 11.7 Å². The van der Waals surface area contributed by atoms with Gasteiger partial charge in [-0.05, 0) is 29.8 Å². The van der Waals surface area contributed by atoms with Crippen LogP contribution in [0, 0.1) is 16.0 Å². The average molecular weight is 280 g/mol. The number of nitrogens with zero attached hydrogens (tertiary/aromatic N) is 1. The van der Waals surface area contributed by atoms with Crippen LogP contribution in [0.3, 0.4) is 0 Å². The fourth-order valence-corrected chi connectivity index (χ4v) is 1.86. The third-order valence-electron chi connectivity index (χ3n) is 2.47. The zero-order valence-electron chi connectivity index (χ0n) is 9.45. The third-order valence-corrected chi connectivity index (χ3v) is 2.69. The topological polar surface area (TPSA) is 39.6 Å². The Morgan fingerprint density at radius 3 is 2.53 bits per heavy atom. The second-order valence-electron chi connectivity index (χ2n) is 3.84. The molecule has 0 fully saturated rings. The summed E-state index contributed by atoms with van der Waals surface area (Å²) in [7, 11) is 0. The van der Waals surface area contributed by atoms with E-state index in [1.807, 2.05) is 6.07 Å². The monoisotopic (exact) mass is 280 g/mol. The van der Waals surface area contributed by atoms with Gasteiger partial charge in [0.2, 0.25) is 0 Å². The van der Waals surface area contributed by atoms with Crippen LogP contribution in [0.1, 0.15) is 11.1 Å². The van der Waals surface area contributed by atoms with E-state index in [1.165, 1.54) is 6.07 Å². The molecule has 0 saturated heterocycles. The summed E-state index contributed by atoms with van der Waals surface area (Å²) < 4.78 is 38.1. The molecule has 1 aromatic heterocycles. The lowest BCUT2D eigenvalue weighted by Gasteiger charge is -2.09. The molecule has 0 amide bonds. The van der Waals surface area contributed by atoms with E-state index in [2.05, 4.69) is 4.98 Å². The molecule has 2 rings (SSSR count). The second kappa shape index (κ2) is 4.86. The Bertz CT molecular complexity index is 711. The number of pyridine rings is 1. The molecule has 6 heteroatoms. The van der Waals surface area contributed by atoms with E-state index in [0.717, 1.165) is 12.1 Å². The number of rotatable bonds is 1. The van der Waals surface area contributed by atoms with Crippen LogP contribution in [0.5, 0.6) is 0 Å². The number of aromatic amines is 1. The van der Waals surface area contributed by atoms with Crippen molar-refractivity contribution in [3.8, 4) is 17.3 Å². The van der Waals surface area contributed by atoms with E-state index in [0.29, 0.717) is 11.1 Å². The normalized spacial score (nSPS) is 11.1. The van der Waals surface area contributed by atoms with Gasteiger partial charge >= 0.3 is 6.18 Å². The van der Waals surface area contributed by atoms with E-state index in [-0.39, 0.29) is 10.3 Å². The summed E-state index contributed by atoms with van der Waals surface area (Å²) >= 11 is 4.80. The predicted molar refractivity (Wildman–Crippen MR) is 66.8 cm³/mol. The summed E-state index contributed by atoms with van der Waals surface area (Å²) in [4.78, 5) is 2.69. The maximum atomic E-state index is 12.7. The Balaban J connectivity index is 2.60. The van der Waals surface area contributed by atoms with Crippen LogP contribution in [-0.2, 0) is 6.18 Å². The molecule has 0 radical (unpaired) electrons. The van der Waals surface area contributed by atoms with Crippen LogP contribution in [0.2, 0.25) is 0 Å². The van der Waals surface area contributed by atoms with E-state index in [9.17, 15) is 13.2 Å². The second-order valence-corrected chi connectivity index (χ2v) is 4.28. The van der Waals surface area contributed by atoms with Gasteiger partial charge in [0.25, 0.3) is 0 Å². The number of benzene rings is 1. The molecule has 19 heavy (non-hydrogen) atoms. The summed E-state index contributed by atoms with van der Waals surface area (Å²) in [5, 5.41) is 8.79. The predicted octanol–water partition coefficient (Wildman–Crippen LogP) is 4.30. The molecule has 0 aliphatic heterocycles. The highest BCUT2D eigenvalue weighted by Crippen LogP contribution is 2.31. The molecule has 0 aliphatic rings. The first kappa shape index (κ1) is 13.3. The summed E-state index contributed by atoms with van der Waals surface area (Å²) in [5.41, 5.74) is 0.274. The number of nitrogens with one attached hydrogen (secondary N) is 1. The number of halogens is 3. The van der Waals surface area contributed by atoms with Crippen LogP contribution < -0.4 is 0 Å². The van der Waals surface area contributed by atoms with Gasteiger partial charge < -0.3 is 4.98 Å². The number of hydrogen-bond donors (Lipinski definition) is 1. The van der Waals surface area contributed by atoms with Crippen molar-refractivity contribution in [3.63, 3.8) is 0 Å². The maximum absolute atomic E-state index is 12.7. The SMILES string of the molecule is N#Cc1cccc(-c2cc(C(F)(F)F)cc(=S)[nH]2)c1. The number of aromatic nitrogens is 1. The van der Waals surface area contributed by atoms with Crippen molar-refractivity contribution >= 4 is 12.2 Å². The smallest absolute Gasteiger partial charge is 0.346 e. The van der Waals surface area contributed by atoms with Crippen LogP contribution in [0.4, 0.5) is 13.2 Å². The highest BCUT2D eigenvalue weighted by atomic mass is 32.1. The van der Waals surface area contributed by atoms with Gasteiger partial charge in [0.15, 0.2) is 0 Å². The van der Waals surface area contributed by atoms with Crippen LogP contribution in [0.25, 0.3) is 11.3 Å². The summed E-state index contributed by atoms with van der Waals surface area (Å²) in [6.45, 7) is 0. The van der Waals surface area contributed by atoms with Gasteiger partial charge in [-0.2, -0.15) is 18.4 Å². The van der Waals surface area contributed by atoms with Crippen molar-refractivity contribution in [2.45, 2.75) is 6.18 Å². The van der Waals surface area contributed by atoms with Gasteiger partial charge in [-0.25, -0.2) is 0 Å². The van der Waals surface area contributed by atoms with Crippen molar-refractivity contribution in [1.82, 2.24) is 4.98 Å². The highest BCUT2D eigenvalue weighted by Gasteiger charge is 2.31. The van der Waals surface area contributed by atoms with Gasteiger partial charge in [0, 0.05) is 5.69 Å². The first-order valence-corrected chi connectivity index (χ1v) is 5.63. The summed E-state index contributed by atoms with van der Waals surface area (Å²) in [5.74, 6) is 0. The lowest BCUT2D eigenvalue weighted by Crippen LogP contribution is -2.05. The molecule has 0 unspecified atom stereocenters. The van der Waals surface area contributed by atoms with Gasteiger partial charge in [-0.1, -0.05) is 24.4 Å². The number of alkyl halides is 3. The largest absolute Gasteiger partial charge is 0.416 e. The van der Waals surface area contributed by atoms with E-state index in [1.54, 1.807) is 18.2 Å². The van der Waals surface area contributed by atoms with Crippen LogP contribution >= 0.6 is 12.2 Å². The minimum Gasteiger partial charge on any atom is -0.346 e. The molecule has 1 heterocycles. The number of hydrogen-bond acceptors (Lipinski definition) is 2. The van der Waals surface area contributed by atoms with Crippen molar-refractivity contribution < 1.29 is 13.2 Å². The van der Waals surface area contributed by atoms with E-state index in [4.69, 9.17) is 17.5 Å². The molecule has 1 aromatic carbocycles. The zero-order valence-corrected chi connectivity index (χ0v) is 10.3. The van der Waals surface area contributed by atoms with Gasteiger partial charge in [0.05, 0.1) is 17.2 Å². The molecule has 96 valence electrons. The molecular formula is C13H7F3N2S. The van der Waals surface area contributed by atoms with Gasteiger partial charge in [0.1, 0.15) is 4.64 Å². The average Bonchev–Trinajstić information content (AvgIpc) is 2.37. The third kappa shape index (κ3) is 3.01. The van der Waals surface area contributed by atoms with Crippen LogP contribution in [0.15, 0.2) is 36.4 Å². The Morgan fingerprint density at radius 1 is 1.16 bits per heavy atom. The molecule has 2 aromatic rings. The van der Waals surface area contributed by atoms with Crippen molar-refractivity contribution in [2.24, 2.45) is 0 Å². The first-order chi connectivity index (χ1) is 8.90. The lowest BCUT2D eigenvalue weighted by molar-refractivity contribution is -0.137. The number of H-pyrrole nitrogens is 1. The molecule has 0 bridgehead atoms. The molecule has 1 N–H and O–H groups in total. The Kier molecular flexibility index (Phi) is 3.40. The van der Waals surface area contributed by atoms with Crippen molar-refractivity contribution in [3.05, 3.63) is 52.2 Å². The zero-order chi connectivity index (χ0) is 14.0. The lowest BCUT2D eigenvalue weighted by atomic mass is 10.1. The Morgan fingerprint density at radius 2 is 1.89 bits per heavy atom. The minimum absolute atomic E-state index is 0.00724. The standard InChI is InChI=1S/C13H7F3N2S/c14-13(15,16)10-5-11(18-12(19)6-10)9-3-1-2-8(4-9)7-17/h1-6H,(H,18,19). The summed E-state index contributed by atoms with van der Waals surface area (Å²) in [6, 6.07) is 10.1. The minimum atomic E-state index is -4.45. The van der Waals surface area contributed by atoms with Gasteiger partial charge in [-0.15, -0.1) is 0 Å². The molecular weight excluding hydrogens is 273 g/mol. The molecule has 2 nitrogen and oxygen atoms in total. The quantitative estimate of drug-likeness (QED) is 0.791. The number of nitriles is 1. The highest BCUT2D eigenvalue weighted by molar-refractivity contribution is 7.71. The maximum Gasteiger partial charge on any atom is 0.416 e. The first-order valence-electron chi connectivity index (χ1n) is 5.22. The Labute approximate surface area is 112 Å². The molecule has 0 saturated carbocycles. The fourth-order valence-electron chi connectivity index (χ4n) is 1.62. The Hall–Kier alpha value is -2.13. The van der Waals surface area contributed by atoms with Gasteiger partial charge in [-0.3, -0.25) is 0 Å². The fraction of sp³-hybridized carbons (Fsp3) is 0.0769. The summed E-state index contributed by atoms with van der Waals surface area (Å²) in [6.07, 6.45) is -4.45. The molecule has 0 spiro atoms. The molecule has 0 atom stereocenters. The van der Waals surface area contributed by atoms with E-state index >= 15 is 0 Å². The van der Waals surface area contributed by atoms with Crippen LogP contribution in [-0.4, -0.2) is 4.98 Å². The van der Waals surface area contributed by atoms with Crippen molar-refractivity contribution in [2.75, 3.05) is 0 Å².